The van der Waals surface area contributed by atoms with Crippen molar-refractivity contribution in [3.8, 4) is 0 Å². The maximum absolute atomic E-state index is 5.28. The first-order chi connectivity index (χ1) is 6.68. The van der Waals surface area contributed by atoms with Gasteiger partial charge in [0, 0.05) is 24.2 Å². The molecule has 1 aromatic heterocycles. The number of likely N-dealkylation sites (N-methyl/N-ethyl adjacent to an activating group) is 1. The van der Waals surface area contributed by atoms with Gasteiger partial charge in [0.1, 0.15) is 0 Å². The Morgan fingerprint density at radius 3 is 3.00 bits per heavy atom. The normalized spacial score (nSPS) is 23.6. The highest BCUT2D eigenvalue weighted by atomic mass is 16.5. The van der Waals surface area contributed by atoms with Gasteiger partial charge >= 0.3 is 0 Å². The van der Waals surface area contributed by atoms with Gasteiger partial charge in [0.15, 0.2) is 5.76 Å². The molecule has 0 bridgehead atoms. The molecule has 1 aromatic rings. The predicted molar refractivity (Wildman–Crippen MR) is 55.9 cm³/mol. The second-order valence-electron chi connectivity index (χ2n) is 3.94. The van der Waals surface area contributed by atoms with Crippen LogP contribution >= 0.6 is 0 Å². The third-order valence-electron chi connectivity index (χ3n) is 2.87. The molecule has 76 valence electrons. The molecule has 0 aromatic carbocycles. The Hall–Kier alpha value is -1.09. The van der Waals surface area contributed by atoms with E-state index in [0.717, 1.165) is 24.4 Å². The molecule has 3 nitrogen and oxygen atoms in total. The van der Waals surface area contributed by atoms with Gasteiger partial charge in [-0.15, -0.1) is 0 Å². The van der Waals surface area contributed by atoms with Crippen LogP contribution in [-0.2, 0) is 0 Å². The van der Waals surface area contributed by atoms with Crippen molar-refractivity contribution in [2.45, 2.75) is 26.3 Å². The van der Waals surface area contributed by atoms with E-state index in [-0.39, 0.29) is 0 Å². The maximum Gasteiger partial charge on any atom is 0.164 e. The van der Waals surface area contributed by atoms with Crippen molar-refractivity contribution < 1.29 is 4.52 Å². The van der Waals surface area contributed by atoms with Crippen LogP contribution in [0.3, 0.4) is 0 Å². The van der Waals surface area contributed by atoms with Crippen LogP contribution in [0.25, 0.3) is 5.57 Å². The predicted octanol–water partition coefficient (Wildman–Crippen LogP) is 2.09. The van der Waals surface area contributed by atoms with Crippen molar-refractivity contribution in [3.05, 3.63) is 23.6 Å². The molecule has 0 spiro atoms. The van der Waals surface area contributed by atoms with E-state index < -0.39 is 0 Å². The van der Waals surface area contributed by atoms with E-state index in [1.807, 2.05) is 13.0 Å². The van der Waals surface area contributed by atoms with Crippen LogP contribution in [-0.4, -0.2) is 29.7 Å². The summed E-state index contributed by atoms with van der Waals surface area (Å²) in [4.78, 5) is 2.33. The number of nitrogens with zero attached hydrogens (tertiary/aromatic N) is 2. The Morgan fingerprint density at radius 1 is 1.57 bits per heavy atom. The fourth-order valence-corrected chi connectivity index (χ4v) is 1.83. The van der Waals surface area contributed by atoms with Gasteiger partial charge in [0.2, 0.25) is 0 Å². The Bertz CT molecular complexity index is 354. The molecule has 0 saturated carbocycles. The molecular weight excluding hydrogens is 176 g/mol. The molecule has 1 aliphatic heterocycles. The third kappa shape index (κ3) is 1.60. The fraction of sp³-hybridized carbons (Fsp3) is 0.545. The largest absolute Gasteiger partial charge is 0.356 e. The van der Waals surface area contributed by atoms with E-state index in [1.165, 1.54) is 5.57 Å². The van der Waals surface area contributed by atoms with Gasteiger partial charge in [0.05, 0.1) is 5.69 Å². The van der Waals surface area contributed by atoms with Crippen LogP contribution in [0.2, 0.25) is 0 Å². The lowest BCUT2D eigenvalue weighted by Gasteiger charge is -2.29. The summed E-state index contributed by atoms with van der Waals surface area (Å²) in [7, 11) is 2.14. The van der Waals surface area contributed by atoms with Crippen LogP contribution < -0.4 is 0 Å². The van der Waals surface area contributed by atoms with Gasteiger partial charge in [0.25, 0.3) is 0 Å². The highest BCUT2D eigenvalue weighted by Crippen LogP contribution is 2.26. The Morgan fingerprint density at radius 2 is 2.36 bits per heavy atom. The van der Waals surface area contributed by atoms with Crippen LogP contribution in [0.5, 0.6) is 0 Å². The topological polar surface area (TPSA) is 29.3 Å². The minimum atomic E-state index is 0.427. The lowest BCUT2D eigenvalue weighted by molar-refractivity contribution is 0.292. The first-order valence-electron chi connectivity index (χ1n) is 5.02. The van der Waals surface area contributed by atoms with Crippen molar-refractivity contribution >= 4 is 5.57 Å². The molecule has 0 saturated heterocycles. The minimum Gasteiger partial charge on any atom is -0.356 e. The highest BCUT2D eigenvalue weighted by Gasteiger charge is 2.21. The van der Waals surface area contributed by atoms with E-state index in [2.05, 4.69) is 30.1 Å². The zero-order valence-corrected chi connectivity index (χ0v) is 8.95. The summed E-state index contributed by atoms with van der Waals surface area (Å²) >= 11 is 0. The summed E-state index contributed by atoms with van der Waals surface area (Å²) in [6.45, 7) is 5.27. The van der Waals surface area contributed by atoms with Crippen LogP contribution in [0, 0.1) is 6.92 Å². The molecule has 1 atom stereocenters. The third-order valence-corrected chi connectivity index (χ3v) is 2.87. The lowest BCUT2D eigenvalue weighted by atomic mass is 9.99. The van der Waals surface area contributed by atoms with Crippen molar-refractivity contribution in [1.82, 2.24) is 10.1 Å². The summed E-state index contributed by atoms with van der Waals surface area (Å²) in [6.07, 6.45) is 3.35. The molecule has 0 aliphatic carbocycles. The zero-order valence-electron chi connectivity index (χ0n) is 8.95. The molecule has 2 rings (SSSR count). The quantitative estimate of drug-likeness (QED) is 0.682. The number of hydrogen-bond donors (Lipinski definition) is 0. The summed E-state index contributed by atoms with van der Waals surface area (Å²) in [5.41, 5.74) is 2.21. The van der Waals surface area contributed by atoms with Crippen molar-refractivity contribution in [2.24, 2.45) is 0 Å². The van der Waals surface area contributed by atoms with E-state index >= 15 is 0 Å². The van der Waals surface area contributed by atoms with Gasteiger partial charge in [-0.3, -0.25) is 4.90 Å². The lowest BCUT2D eigenvalue weighted by Crippen LogP contribution is -2.33. The minimum absolute atomic E-state index is 0.427. The molecule has 1 unspecified atom stereocenters. The van der Waals surface area contributed by atoms with Gasteiger partial charge in [-0.1, -0.05) is 11.2 Å². The summed E-state index contributed by atoms with van der Waals surface area (Å²) in [6, 6.07) is 2.43. The standard InChI is InChI=1S/C11H16N2O/c1-8-7-11(14-12-8)10-5-4-6-13(3)9(10)2/h5,7,9H,4,6H2,1-3H3. The number of aryl methyl sites for hydroxylation is 1. The van der Waals surface area contributed by atoms with Crippen molar-refractivity contribution in [1.29, 1.82) is 0 Å². The first-order valence-corrected chi connectivity index (χ1v) is 5.02. The number of aromatic nitrogens is 1. The van der Waals surface area contributed by atoms with Crippen molar-refractivity contribution in [2.75, 3.05) is 13.6 Å². The van der Waals surface area contributed by atoms with E-state index in [1.54, 1.807) is 0 Å². The summed E-state index contributed by atoms with van der Waals surface area (Å²) < 4.78 is 5.28. The molecule has 0 amide bonds. The van der Waals surface area contributed by atoms with Crippen LogP contribution in [0.15, 0.2) is 16.7 Å². The second-order valence-corrected chi connectivity index (χ2v) is 3.94. The van der Waals surface area contributed by atoms with E-state index in [4.69, 9.17) is 4.52 Å². The van der Waals surface area contributed by atoms with Crippen LogP contribution in [0.4, 0.5) is 0 Å². The summed E-state index contributed by atoms with van der Waals surface area (Å²) in [5.74, 6) is 0.918. The van der Waals surface area contributed by atoms with Crippen molar-refractivity contribution in [3.63, 3.8) is 0 Å². The molecule has 3 heteroatoms. The molecule has 0 radical (unpaired) electrons. The molecule has 2 heterocycles. The second kappa shape index (κ2) is 3.58. The SMILES string of the molecule is Cc1cc(C2=CCCN(C)C2C)on1. The monoisotopic (exact) mass is 192 g/mol. The first kappa shape index (κ1) is 9.46. The highest BCUT2D eigenvalue weighted by molar-refractivity contribution is 5.66. The average Bonchev–Trinajstić information content (AvgIpc) is 2.57. The zero-order chi connectivity index (χ0) is 10.1. The molecule has 0 N–H and O–H groups in total. The van der Waals surface area contributed by atoms with Crippen LogP contribution in [0.1, 0.15) is 24.8 Å². The van der Waals surface area contributed by atoms with Gasteiger partial charge < -0.3 is 4.52 Å². The maximum atomic E-state index is 5.28. The Labute approximate surface area is 84.4 Å². The Kier molecular flexibility index (Phi) is 2.42. The molecule has 0 fully saturated rings. The van der Waals surface area contributed by atoms with E-state index in [9.17, 15) is 0 Å². The van der Waals surface area contributed by atoms with Gasteiger partial charge in [-0.2, -0.15) is 0 Å². The number of rotatable bonds is 1. The summed E-state index contributed by atoms with van der Waals surface area (Å²) in [5, 5.41) is 3.92. The molecule has 1 aliphatic rings. The molecular formula is C11H16N2O. The average molecular weight is 192 g/mol. The number of hydrogen-bond acceptors (Lipinski definition) is 3. The van der Waals surface area contributed by atoms with Gasteiger partial charge in [-0.05, 0) is 27.3 Å². The smallest absolute Gasteiger partial charge is 0.164 e. The molecule has 14 heavy (non-hydrogen) atoms. The van der Waals surface area contributed by atoms with E-state index in [0.29, 0.717) is 6.04 Å². The van der Waals surface area contributed by atoms with Gasteiger partial charge in [-0.25, -0.2) is 0 Å². The Balaban J connectivity index is 2.29. The fourth-order valence-electron chi connectivity index (χ4n) is 1.83.